The zero-order chi connectivity index (χ0) is 12.2. The van der Waals surface area contributed by atoms with Crippen LogP contribution in [0.1, 0.15) is 45.1 Å². The highest BCUT2D eigenvalue weighted by Crippen LogP contribution is 2.29. The van der Waals surface area contributed by atoms with Gasteiger partial charge in [-0.15, -0.1) is 0 Å². The summed E-state index contributed by atoms with van der Waals surface area (Å²) in [6.45, 7) is 6.86. The van der Waals surface area contributed by atoms with Crippen molar-refractivity contribution in [1.82, 2.24) is 0 Å². The third-order valence-corrected chi connectivity index (χ3v) is 3.02. The van der Waals surface area contributed by atoms with Crippen LogP contribution < -0.4 is 0 Å². The number of hydrogen-bond acceptors (Lipinski definition) is 1. The van der Waals surface area contributed by atoms with E-state index in [-0.39, 0.29) is 12.5 Å². The van der Waals surface area contributed by atoms with Crippen LogP contribution in [-0.2, 0) is 0 Å². The Morgan fingerprint density at radius 2 is 2.00 bits per heavy atom. The molecule has 0 bridgehead atoms. The molecule has 0 saturated carbocycles. The lowest BCUT2D eigenvalue weighted by atomic mass is 9.84. The Labute approximate surface area is 103 Å². The van der Waals surface area contributed by atoms with Gasteiger partial charge in [-0.3, -0.25) is 0 Å². The Hall–Kier alpha value is -0.530. The largest absolute Gasteiger partial charge is 0.396 e. The maximum atomic E-state index is 9.42. The molecule has 0 saturated heterocycles. The van der Waals surface area contributed by atoms with Gasteiger partial charge in [0.15, 0.2) is 0 Å². The minimum absolute atomic E-state index is 0.191. The molecule has 1 N–H and O–H groups in total. The van der Waals surface area contributed by atoms with Crippen LogP contribution in [0.2, 0.25) is 5.02 Å². The summed E-state index contributed by atoms with van der Waals surface area (Å²) < 4.78 is 0. The molecule has 0 heterocycles. The number of rotatable bonds is 4. The van der Waals surface area contributed by atoms with Crippen LogP contribution in [0, 0.1) is 5.41 Å². The molecule has 0 radical (unpaired) electrons. The summed E-state index contributed by atoms with van der Waals surface area (Å²) in [6.07, 6.45) is 2.10. The molecular weight excluding hydrogens is 220 g/mol. The van der Waals surface area contributed by atoms with Crippen LogP contribution in [0.4, 0.5) is 0 Å². The van der Waals surface area contributed by atoms with Gasteiger partial charge in [0.25, 0.3) is 0 Å². The maximum absolute atomic E-state index is 9.42. The number of aliphatic hydroxyl groups excluding tert-OH is 1. The van der Waals surface area contributed by atoms with Gasteiger partial charge >= 0.3 is 0 Å². The molecule has 0 aliphatic carbocycles. The monoisotopic (exact) mass is 240 g/mol. The van der Waals surface area contributed by atoms with Crippen molar-refractivity contribution in [2.24, 2.45) is 5.41 Å². The van der Waals surface area contributed by atoms with Gasteiger partial charge in [0.1, 0.15) is 0 Å². The van der Waals surface area contributed by atoms with Crippen LogP contribution >= 0.6 is 11.6 Å². The van der Waals surface area contributed by atoms with Crippen LogP contribution in [0.25, 0.3) is 0 Å². The van der Waals surface area contributed by atoms with E-state index < -0.39 is 0 Å². The fourth-order valence-electron chi connectivity index (χ4n) is 1.73. The Morgan fingerprint density at radius 1 is 1.31 bits per heavy atom. The molecule has 0 aromatic heterocycles. The summed E-state index contributed by atoms with van der Waals surface area (Å²) in [5.74, 6) is 0.206. The Bertz CT molecular complexity index is 328. The topological polar surface area (TPSA) is 20.2 Å². The van der Waals surface area contributed by atoms with Gasteiger partial charge < -0.3 is 5.11 Å². The van der Waals surface area contributed by atoms with Crippen molar-refractivity contribution >= 4 is 11.6 Å². The molecule has 0 fully saturated rings. The minimum atomic E-state index is 0.191. The molecule has 1 unspecified atom stereocenters. The van der Waals surface area contributed by atoms with Gasteiger partial charge in [0.2, 0.25) is 0 Å². The lowest BCUT2D eigenvalue weighted by molar-refractivity contribution is 0.241. The predicted molar refractivity (Wildman–Crippen MR) is 70.0 cm³/mol. The smallest absolute Gasteiger partial charge is 0.0499 e. The highest BCUT2D eigenvalue weighted by atomic mass is 35.5. The van der Waals surface area contributed by atoms with E-state index >= 15 is 0 Å². The Morgan fingerprint density at radius 3 is 2.50 bits per heavy atom. The van der Waals surface area contributed by atoms with Crippen molar-refractivity contribution in [3.05, 3.63) is 34.9 Å². The van der Waals surface area contributed by atoms with E-state index in [4.69, 9.17) is 11.6 Å². The number of halogens is 1. The van der Waals surface area contributed by atoms with Gasteiger partial charge in [-0.1, -0.05) is 44.5 Å². The molecule has 90 valence electrons. The summed E-state index contributed by atoms with van der Waals surface area (Å²) in [4.78, 5) is 0. The average Bonchev–Trinajstić information content (AvgIpc) is 2.17. The molecule has 0 aliphatic heterocycles. The van der Waals surface area contributed by atoms with Gasteiger partial charge in [-0.2, -0.15) is 0 Å². The second-order valence-electron chi connectivity index (χ2n) is 5.53. The maximum Gasteiger partial charge on any atom is 0.0499 e. The number of aliphatic hydroxyl groups is 1. The first kappa shape index (κ1) is 13.5. The molecule has 0 spiro atoms. The minimum Gasteiger partial charge on any atom is -0.396 e. The molecule has 0 amide bonds. The van der Waals surface area contributed by atoms with Crippen molar-refractivity contribution < 1.29 is 5.11 Å². The number of benzene rings is 1. The average molecular weight is 241 g/mol. The van der Waals surface area contributed by atoms with E-state index in [0.29, 0.717) is 5.41 Å². The standard InChI is InChI=1S/C14H21ClO/c1-14(2,3)8-7-12(10-16)11-5-4-6-13(15)9-11/h4-6,9,12,16H,7-8,10H2,1-3H3. The van der Waals surface area contributed by atoms with E-state index in [0.717, 1.165) is 23.4 Å². The van der Waals surface area contributed by atoms with Crippen molar-refractivity contribution in [3.63, 3.8) is 0 Å². The summed E-state index contributed by atoms with van der Waals surface area (Å²) in [5, 5.41) is 10.2. The fraction of sp³-hybridized carbons (Fsp3) is 0.571. The molecule has 2 heteroatoms. The van der Waals surface area contributed by atoms with Crippen LogP contribution in [0.5, 0.6) is 0 Å². The lowest BCUT2D eigenvalue weighted by Crippen LogP contribution is -2.11. The quantitative estimate of drug-likeness (QED) is 0.835. The van der Waals surface area contributed by atoms with Crippen molar-refractivity contribution in [2.45, 2.75) is 39.5 Å². The SMILES string of the molecule is CC(C)(C)CCC(CO)c1cccc(Cl)c1. The van der Waals surface area contributed by atoms with Crippen LogP contribution in [-0.4, -0.2) is 11.7 Å². The van der Waals surface area contributed by atoms with E-state index in [2.05, 4.69) is 20.8 Å². The third kappa shape index (κ3) is 4.54. The molecule has 1 aromatic carbocycles. The first-order valence-electron chi connectivity index (χ1n) is 5.79. The molecule has 1 atom stereocenters. The predicted octanol–water partition coefficient (Wildman–Crippen LogP) is 4.24. The Balaban J connectivity index is 2.68. The van der Waals surface area contributed by atoms with Crippen LogP contribution in [0.15, 0.2) is 24.3 Å². The van der Waals surface area contributed by atoms with E-state index in [1.54, 1.807) is 0 Å². The summed E-state index contributed by atoms with van der Waals surface area (Å²) in [6, 6.07) is 7.79. The lowest BCUT2D eigenvalue weighted by Gasteiger charge is -2.22. The summed E-state index contributed by atoms with van der Waals surface area (Å²) in [7, 11) is 0. The first-order chi connectivity index (χ1) is 7.42. The van der Waals surface area contributed by atoms with Gasteiger partial charge in [-0.05, 0) is 36.0 Å². The Kier molecular flexibility index (Phi) is 4.82. The zero-order valence-corrected chi connectivity index (χ0v) is 11.1. The van der Waals surface area contributed by atoms with Gasteiger partial charge in [0.05, 0.1) is 0 Å². The molecule has 1 rings (SSSR count). The number of hydrogen-bond donors (Lipinski definition) is 1. The van der Waals surface area contributed by atoms with Crippen molar-refractivity contribution in [1.29, 1.82) is 0 Å². The zero-order valence-electron chi connectivity index (χ0n) is 10.3. The molecule has 0 aliphatic rings. The highest BCUT2D eigenvalue weighted by molar-refractivity contribution is 6.30. The van der Waals surface area contributed by atoms with E-state index in [1.165, 1.54) is 0 Å². The van der Waals surface area contributed by atoms with Crippen LogP contribution in [0.3, 0.4) is 0 Å². The molecule has 16 heavy (non-hydrogen) atoms. The molecule has 1 nitrogen and oxygen atoms in total. The summed E-state index contributed by atoms with van der Waals surface area (Å²) in [5.41, 5.74) is 1.45. The normalized spacial score (nSPS) is 13.8. The van der Waals surface area contributed by atoms with E-state index in [9.17, 15) is 5.11 Å². The molecule has 1 aromatic rings. The second-order valence-corrected chi connectivity index (χ2v) is 5.97. The highest BCUT2D eigenvalue weighted by Gasteiger charge is 2.16. The first-order valence-corrected chi connectivity index (χ1v) is 6.16. The summed E-state index contributed by atoms with van der Waals surface area (Å²) >= 11 is 5.95. The van der Waals surface area contributed by atoms with Crippen molar-refractivity contribution in [3.8, 4) is 0 Å². The van der Waals surface area contributed by atoms with Crippen molar-refractivity contribution in [2.75, 3.05) is 6.61 Å². The third-order valence-electron chi connectivity index (χ3n) is 2.78. The molecular formula is C14H21ClO. The fourth-order valence-corrected chi connectivity index (χ4v) is 1.93. The second kappa shape index (κ2) is 5.70. The van der Waals surface area contributed by atoms with E-state index in [1.807, 2.05) is 24.3 Å². The van der Waals surface area contributed by atoms with Gasteiger partial charge in [-0.25, -0.2) is 0 Å². The van der Waals surface area contributed by atoms with Gasteiger partial charge in [0, 0.05) is 17.5 Å².